The first-order chi connectivity index (χ1) is 7.72. The van der Waals surface area contributed by atoms with Crippen LogP contribution < -0.4 is 10.3 Å². The summed E-state index contributed by atoms with van der Waals surface area (Å²) in [5.74, 6) is -0.327. The van der Waals surface area contributed by atoms with Crippen molar-refractivity contribution in [2.75, 3.05) is 5.88 Å². The van der Waals surface area contributed by atoms with Crippen LogP contribution in [0, 0.1) is 0 Å². The normalized spacial score (nSPS) is 10.3. The minimum absolute atomic E-state index is 0.111. The lowest BCUT2D eigenvalue weighted by Crippen LogP contribution is -2.34. The molecule has 0 aliphatic rings. The van der Waals surface area contributed by atoms with Crippen LogP contribution in [0.3, 0.4) is 0 Å². The molecule has 2 rings (SSSR count). The highest BCUT2D eigenvalue weighted by Crippen LogP contribution is 2.09. The number of nitrogens with zero attached hydrogens (tertiary/aromatic N) is 1. The van der Waals surface area contributed by atoms with E-state index in [9.17, 15) is 9.59 Å². The molecule has 0 unspecified atom stereocenters. The van der Waals surface area contributed by atoms with Gasteiger partial charge in [0.15, 0.2) is 5.78 Å². The van der Waals surface area contributed by atoms with E-state index in [1.54, 1.807) is 24.3 Å². The number of hydrogen-bond acceptors (Lipinski definition) is 3. The third-order valence-corrected chi connectivity index (χ3v) is 2.31. The van der Waals surface area contributed by atoms with Crippen molar-refractivity contribution in [2.45, 2.75) is 0 Å². The topological polar surface area (TPSA) is 66.9 Å². The molecule has 0 aliphatic carbocycles. The Balaban J connectivity index is 2.56. The Labute approximate surface area is 95.2 Å². The van der Waals surface area contributed by atoms with Crippen molar-refractivity contribution in [2.24, 2.45) is 0 Å². The Bertz CT molecular complexity index is 573. The zero-order valence-electron chi connectivity index (χ0n) is 8.14. The minimum atomic E-state index is -0.520. The fraction of sp³-hybridized carbons (Fsp3) is 0.100. The zero-order chi connectivity index (χ0) is 11.5. The molecule has 1 aromatic heterocycles. The van der Waals surface area contributed by atoms with Crippen LogP contribution in [0.1, 0.15) is 10.4 Å². The number of ketones is 1. The fourth-order valence-corrected chi connectivity index (χ4v) is 1.51. The van der Waals surface area contributed by atoms with Crippen LogP contribution in [0.25, 0.3) is 5.69 Å². The van der Waals surface area contributed by atoms with E-state index >= 15 is 0 Å². The van der Waals surface area contributed by atoms with Crippen molar-refractivity contribution < 1.29 is 14.0 Å². The molecule has 5 nitrogen and oxygen atoms in total. The number of nitrogens with one attached hydrogen (secondary N) is 1. The summed E-state index contributed by atoms with van der Waals surface area (Å²) in [6.07, 6.45) is 1.21. The van der Waals surface area contributed by atoms with Crippen LogP contribution in [0.4, 0.5) is 0 Å². The summed E-state index contributed by atoms with van der Waals surface area (Å²) < 4.78 is 5.86. The monoisotopic (exact) mass is 239 g/mol. The molecule has 0 atom stereocenters. The molecule has 0 fully saturated rings. The maximum atomic E-state index is 11.5. The van der Waals surface area contributed by atoms with Crippen LogP contribution >= 0.6 is 11.6 Å². The quantitative estimate of drug-likeness (QED) is 0.486. The van der Waals surface area contributed by atoms with Gasteiger partial charge in [-0.15, -0.1) is 11.6 Å². The number of aromatic amines is 1. The summed E-state index contributed by atoms with van der Waals surface area (Å²) in [5.41, 5.74) is 0.437. The first-order valence-corrected chi connectivity index (χ1v) is 5.04. The fourth-order valence-electron chi connectivity index (χ4n) is 1.36. The second-order valence-corrected chi connectivity index (χ2v) is 3.35. The van der Waals surface area contributed by atoms with Crippen molar-refractivity contribution in [1.29, 1.82) is 0 Å². The number of rotatable bonds is 3. The van der Waals surface area contributed by atoms with Crippen molar-refractivity contribution in [1.82, 2.24) is 5.27 Å². The number of benzene rings is 1. The third kappa shape index (κ3) is 1.90. The molecule has 1 heterocycles. The Morgan fingerprint density at radius 3 is 2.81 bits per heavy atom. The summed E-state index contributed by atoms with van der Waals surface area (Å²) in [7, 11) is 0. The van der Waals surface area contributed by atoms with Crippen LogP contribution in [0.5, 0.6) is 0 Å². The number of aromatic nitrogens is 2. The summed E-state index contributed by atoms with van der Waals surface area (Å²) >= 11 is 5.50. The molecular formula is C10H8ClN2O3+. The Morgan fingerprint density at radius 2 is 2.19 bits per heavy atom. The average molecular weight is 240 g/mol. The van der Waals surface area contributed by atoms with E-state index in [2.05, 4.69) is 9.79 Å². The second kappa shape index (κ2) is 4.32. The molecule has 0 saturated carbocycles. The number of para-hydroxylation sites is 1. The summed E-state index contributed by atoms with van der Waals surface area (Å²) in [6, 6.07) is 6.80. The summed E-state index contributed by atoms with van der Waals surface area (Å²) in [4.78, 5) is 22.4. The van der Waals surface area contributed by atoms with Gasteiger partial charge in [-0.3, -0.25) is 9.32 Å². The Hall–Kier alpha value is -1.88. The third-order valence-electron chi connectivity index (χ3n) is 2.06. The molecule has 16 heavy (non-hydrogen) atoms. The maximum absolute atomic E-state index is 11.5. The largest absolute Gasteiger partial charge is 0.427 e. The number of halogens is 1. The molecule has 1 N–H and O–H groups in total. The van der Waals surface area contributed by atoms with E-state index in [4.69, 9.17) is 11.6 Å². The van der Waals surface area contributed by atoms with Crippen LogP contribution in [-0.2, 0) is 0 Å². The zero-order valence-corrected chi connectivity index (χ0v) is 8.90. The molecule has 6 heteroatoms. The van der Waals surface area contributed by atoms with E-state index < -0.39 is 5.63 Å². The van der Waals surface area contributed by atoms with Crippen LogP contribution in [0.15, 0.2) is 39.8 Å². The standard InChI is InChI=1S/C10H7ClN2O3/c11-5-9(14)7-3-1-2-4-8(7)13-6-10(15)16-12-13/h1-4,6H,5H2/p+1. The van der Waals surface area contributed by atoms with Crippen molar-refractivity contribution in [3.05, 3.63) is 46.4 Å². The first kappa shape index (κ1) is 10.6. The molecular weight excluding hydrogens is 232 g/mol. The number of carbonyl (C=O) groups excluding carboxylic acids is 1. The Kier molecular flexibility index (Phi) is 2.87. The van der Waals surface area contributed by atoms with Gasteiger partial charge in [0.1, 0.15) is 0 Å². The van der Waals surface area contributed by atoms with Gasteiger partial charge in [-0.2, -0.15) is 0 Å². The van der Waals surface area contributed by atoms with Gasteiger partial charge in [-0.25, -0.2) is 4.79 Å². The molecule has 0 amide bonds. The average Bonchev–Trinajstić information content (AvgIpc) is 2.75. The molecule has 0 spiro atoms. The van der Waals surface area contributed by atoms with Gasteiger partial charge < -0.3 is 0 Å². The lowest BCUT2D eigenvalue weighted by Gasteiger charge is -1.97. The van der Waals surface area contributed by atoms with Gasteiger partial charge in [0, 0.05) is 6.07 Å². The molecule has 0 aliphatic heterocycles. The lowest BCUT2D eigenvalue weighted by atomic mass is 10.1. The predicted molar refractivity (Wildman–Crippen MR) is 55.9 cm³/mol. The molecule has 0 radical (unpaired) electrons. The first-order valence-electron chi connectivity index (χ1n) is 4.51. The molecule has 0 bridgehead atoms. The highest BCUT2D eigenvalue weighted by atomic mass is 35.5. The van der Waals surface area contributed by atoms with Gasteiger partial charge >= 0.3 is 5.63 Å². The molecule has 82 valence electrons. The summed E-state index contributed by atoms with van der Waals surface area (Å²) in [6.45, 7) is 0. The van der Waals surface area contributed by atoms with E-state index in [0.717, 1.165) is 0 Å². The molecule has 1 aromatic carbocycles. The van der Waals surface area contributed by atoms with Gasteiger partial charge in [-0.1, -0.05) is 12.1 Å². The summed E-state index contributed by atoms with van der Waals surface area (Å²) in [5, 5.41) is 2.37. The van der Waals surface area contributed by atoms with E-state index in [1.807, 2.05) is 0 Å². The van der Waals surface area contributed by atoms with E-state index in [-0.39, 0.29) is 11.7 Å². The second-order valence-electron chi connectivity index (χ2n) is 3.09. The van der Waals surface area contributed by atoms with Crippen molar-refractivity contribution in [3.63, 3.8) is 0 Å². The lowest BCUT2D eigenvalue weighted by molar-refractivity contribution is -0.670. The molecule has 2 aromatic rings. The van der Waals surface area contributed by atoms with E-state index in [1.165, 1.54) is 10.9 Å². The van der Waals surface area contributed by atoms with E-state index in [0.29, 0.717) is 11.3 Å². The SMILES string of the molecule is O=C(CCl)c1ccccc1-[n+]1cc(=O)o[nH]1. The molecule has 0 saturated heterocycles. The predicted octanol–water partition coefficient (Wildman–Crippen LogP) is 0.666. The maximum Gasteiger partial charge on any atom is 0.427 e. The number of H-pyrrole nitrogens is 1. The Morgan fingerprint density at radius 1 is 1.44 bits per heavy atom. The minimum Gasteiger partial charge on any atom is -0.293 e. The van der Waals surface area contributed by atoms with Gasteiger partial charge in [0.25, 0.3) is 6.20 Å². The smallest absolute Gasteiger partial charge is 0.293 e. The number of carbonyl (C=O) groups is 1. The van der Waals surface area contributed by atoms with Crippen LogP contribution in [0.2, 0.25) is 0 Å². The van der Waals surface area contributed by atoms with Gasteiger partial charge in [0.05, 0.1) is 11.4 Å². The number of alkyl halides is 1. The highest BCUT2D eigenvalue weighted by Gasteiger charge is 2.19. The van der Waals surface area contributed by atoms with Crippen molar-refractivity contribution >= 4 is 17.4 Å². The van der Waals surface area contributed by atoms with Crippen molar-refractivity contribution in [3.8, 4) is 5.69 Å². The number of Topliss-reactive ketones (excluding diaryl/α,β-unsaturated/α-hetero) is 1. The van der Waals surface area contributed by atoms with Gasteiger partial charge in [-0.05, 0) is 16.0 Å². The highest BCUT2D eigenvalue weighted by molar-refractivity contribution is 6.30. The van der Waals surface area contributed by atoms with Gasteiger partial charge in [0.2, 0.25) is 5.69 Å². The van der Waals surface area contributed by atoms with Crippen LogP contribution in [-0.4, -0.2) is 16.9 Å². The number of hydrogen-bond donors (Lipinski definition) is 1.